The van der Waals surface area contributed by atoms with Crippen molar-refractivity contribution >= 4 is 22.8 Å². The maximum atomic E-state index is 12.8. The van der Waals surface area contributed by atoms with Gasteiger partial charge in [0.1, 0.15) is 17.4 Å². The number of benzene rings is 1. The molecule has 6 nitrogen and oxygen atoms in total. The Morgan fingerprint density at radius 2 is 2.00 bits per heavy atom. The van der Waals surface area contributed by atoms with E-state index in [-0.39, 0.29) is 11.8 Å². The number of anilines is 1. The zero-order chi connectivity index (χ0) is 21.1. The summed E-state index contributed by atoms with van der Waals surface area (Å²) in [5.41, 5.74) is 3.02. The molecule has 1 N–H and O–H groups in total. The van der Waals surface area contributed by atoms with Gasteiger partial charge >= 0.3 is 0 Å². The molecule has 30 heavy (non-hydrogen) atoms. The molecule has 1 saturated heterocycles. The van der Waals surface area contributed by atoms with Crippen LogP contribution in [0.2, 0.25) is 0 Å². The van der Waals surface area contributed by atoms with Gasteiger partial charge in [-0.05, 0) is 52.0 Å². The van der Waals surface area contributed by atoms with Gasteiger partial charge < -0.3 is 14.6 Å². The summed E-state index contributed by atoms with van der Waals surface area (Å²) in [4.78, 5) is 24.2. The van der Waals surface area contributed by atoms with Crippen molar-refractivity contribution in [2.75, 3.05) is 24.5 Å². The van der Waals surface area contributed by atoms with Gasteiger partial charge in [0.15, 0.2) is 0 Å². The summed E-state index contributed by atoms with van der Waals surface area (Å²) in [6, 6.07) is 10.4. The Bertz CT molecular complexity index is 1030. The molecule has 158 valence electrons. The van der Waals surface area contributed by atoms with Gasteiger partial charge in [-0.15, -0.1) is 0 Å². The maximum absolute atomic E-state index is 12.8. The van der Waals surface area contributed by atoms with Crippen LogP contribution in [0.15, 0.2) is 34.7 Å². The van der Waals surface area contributed by atoms with Crippen LogP contribution in [0.5, 0.6) is 0 Å². The molecule has 3 aromatic rings. The molecule has 0 radical (unpaired) electrons. The van der Waals surface area contributed by atoms with E-state index in [1.807, 2.05) is 26.8 Å². The topological polar surface area (TPSA) is 71.3 Å². The van der Waals surface area contributed by atoms with Gasteiger partial charge in [0.2, 0.25) is 11.6 Å². The van der Waals surface area contributed by atoms with E-state index in [0.29, 0.717) is 24.6 Å². The number of aromatic nitrogens is 2. The maximum Gasteiger partial charge on any atom is 0.231 e. The average molecular weight is 407 g/mol. The van der Waals surface area contributed by atoms with Crippen molar-refractivity contribution in [3.63, 3.8) is 0 Å². The molecule has 1 aliphatic rings. The van der Waals surface area contributed by atoms with Crippen molar-refractivity contribution < 1.29 is 9.21 Å². The number of furan rings is 1. The van der Waals surface area contributed by atoms with Crippen LogP contribution >= 0.6 is 0 Å². The first-order valence-electron chi connectivity index (χ1n) is 10.8. The molecule has 1 amide bonds. The molecule has 0 spiro atoms. The van der Waals surface area contributed by atoms with Gasteiger partial charge in [-0.2, -0.15) is 4.98 Å². The summed E-state index contributed by atoms with van der Waals surface area (Å²) in [5.74, 6) is 2.59. The highest BCUT2D eigenvalue weighted by atomic mass is 16.3. The lowest BCUT2D eigenvalue weighted by Gasteiger charge is -2.33. The number of nitrogens with one attached hydrogen (secondary N) is 1. The summed E-state index contributed by atoms with van der Waals surface area (Å²) < 4.78 is 5.83. The number of piperidine rings is 1. The largest absolute Gasteiger partial charge is 0.443 e. The minimum atomic E-state index is -0.0194. The third-order valence-electron chi connectivity index (χ3n) is 6.00. The average Bonchev–Trinajstić information content (AvgIpc) is 3.04. The number of aryl methyl sites for hydroxylation is 4. The van der Waals surface area contributed by atoms with Crippen molar-refractivity contribution in [1.82, 2.24) is 15.3 Å². The van der Waals surface area contributed by atoms with Crippen LogP contribution in [-0.2, 0) is 11.2 Å². The molecular formula is C24H30N4O2. The predicted octanol–water partition coefficient (Wildman–Crippen LogP) is 4.11. The number of fused-ring (bicyclic) bond motifs is 1. The lowest BCUT2D eigenvalue weighted by molar-refractivity contribution is -0.125. The van der Waals surface area contributed by atoms with E-state index in [9.17, 15) is 4.79 Å². The Morgan fingerprint density at radius 1 is 1.20 bits per heavy atom. The Labute approximate surface area is 177 Å². The quantitative estimate of drug-likeness (QED) is 0.624. The monoisotopic (exact) mass is 406 g/mol. The molecule has 0 aliphatic carbocycles. The lowest BCUT2D eigenvalue weighted by Crippen LogP contribution is -2.43. The zero-order valence-electron chi connectivity index (χ0n) is 18.1. The van der Waals surface area contributed by atoms with Gasteiger partial charge in [0.25, 0.3) is 0 Å². The Kier molecular flexibility index (Phi) is 6.02. The van der Waals surface area contributed by atoms with Crippen LogP contribution in [-0.4, -0.2) is 35.5 Å². The van der Waals surface area contributed by atoms with Gasteiger partial charge in [0.05, 0.1) is 11.3 Å². The smallest absolute Gasteiger partial charge is 0.231 e. The molecular weight excluding hydrogens is 376 g/mol. The fraction of sp³-hybridized carbons (Fsp3) is 0.458. The first-order valence-corrected chi connectivity index (χ1v) is 10.8. The molecule has 0 unspecified atom stereocenters. The predicted molar refractivity (Wildman–Crippen MR) is 119 cm³/mol. The number of carbonyl (C=O) groups is 1. The van der Waals surface area contributed by atoms with Crippen LogP contribution in [0.1, 0.15) is 42.0 Å². The summed E-state index contributed by atoms with van der Waals surface area (Å²) in [6.45, 7) is 8.17. The number of rotatable bonds is 6. The minimum absolute atomic E-state index is 0.0194. The molecule has 1 aromatic carbocycles. The summed E-state index contributed by atoms with van der Waals surface area (Å²) in [5, 5.41) is 4.12. The Morgan fingerprint density at radius 3 is 2.80 bits per heavy atom. The molecule has 1 fully saturated rings. The molecule has 4 rings (SSSR count). The number of hydrogen-bond donors (Lipinski definition) is 1. The SMILES string of the molecule is Cc1nc(N2CCC[C@@H](C(=O)NCCCc3ccccc3)C2)c2c(C)c(C)oc2n1. The highest BCUT2D eigenvalue weighted by molar-refractivity contribution is 5.90. The normalized spacial score (nSPS) is 16.8. The van der Waals surface area contributed by atoms with Crippen molar-refractivity contribution in [3.8, 4) is 0 Å². The minimum Gasteiger partial charge on any atom is -0.443 e. The Hall–Kier alpha value is -2.89. The van der Waals surface area contributed by atoms with Crippen LogP contribution in [0, 0.1) is 26.7 Å². The van der Waals surface area contributed by atoms with Crippen molar-refractivity contribution in [2.24, 2.45) is 5.92 Å². The van der Waals surface area contributed by atoms with Gasteiger partial charge in [-0.25, -0.2) is 4.98 Å². The van der Waals surface area contributed by atoms with Crippen LogP contribution in [0.4, 0.5) is 5.82 Å². The van der Waals surface area contributed by atoms with Gasteiger partial charge in [-0.1, -0.05) is 30.3 Å². The van der Waals surface area contributed by atoms with Gasteiger partial charge in [-0.3, -0.25) is 4.79 Å². The summed E-state index contributed by atoms with van der Waals surface area (Å²) >= 11 is 0. The third-order valence-corrected chi connectivity index (χ3v) is 6.00. The number of carbonyl (C=O) groups excluding carboxylic acids is 1. The van der Waals surface area contributed by atoms with Crippen LogP contribution < -0.4 is 10.2 Å². The number of amides is 1. The Balaban J connectivity index is 1.40. The standard InChI is InChI=1S/C24H30N4O2/c1-16-17(2)30-24-21(16)22(26-18(3)27-24)28-14-8-12-20(15-28)23(29)25-13-7-11-19-9-5-4-6-10-19/h4-6,9-10,20H,7-8,11-15H2,1-3H3,(H,25,29)/t20-/m1/s1. The van der Waals surface area contributed by atoms with E-state index < -0.39 is 0 Å². The molecule has 1 aliphatic heterocycles. The molecule has 1 atom stereocenters. The molecule has 6 heteroatoms. The second kappa shape index (κ2) is 8.86. The highest BCUT2D eigenvalue weighted by Crippen LogP contribution is 2.33. The van der Waals surface area contributed by atoms with E-state index >= 15 is 0 Å². The molecule has 0 saturated carbocycles. The van der Waals surface area contributed by atoms with Crippen molar-refractivity contribution in [3.05, 3.63) is 53.0 Å². The van der Waals surface area contributed by atoms with Crippen molar-refractivity contribution in [1.29, 1.82) is 0 Å². The van der Waals surface area contributed by atoms with E-state index in [4.69, 9.17) is 9.40 Å². The number of nitrogens with zero attached hydrogens (tertiary/aromatic N) is 3. The second-order valence-corrected chi connectivity index (χ2v) is 8.22. The highest BCUT2D eigenvalue weighted by Gasteiger charge is 2.28. The van der Waals surface area contributed by atoms with Crippen LogP contribution in [0.25, 0.3) is 11.1 Å². The summed E-state index contributed by atoms with van der Waals surface area (Å²) in [7, 11) is 0. The fourth-order valence-electron chi connectivity index (χ4n) is 4.24. The number of hydrogen-bond acceptors (Lipinski definition) is 5. The molecule has 3 heterocycles. The van der Waals surface area contributed by atoms with Gasteiger partial charge in [0, 0.05) is 25.2 Å². The van der Waals surface area contributed by atoms with Crippen molar-refractivity contribution in [2.45, 2.75) is 46.5 Å². The van der Waals surface area contributed by atoms with Crippen LogP contribution in [0.3, 0.4) is 0 Å². The third kappa shape index (κ3) is 4.32. The van der Waals surface area contributed by atoms with E-state index in [0.717, 1.165) is 54.8 Å². The second-order valence-electron chi connectivity index (χ2n) is 8.22. The first-order chi connectivity index (χ1) is 14.5. The van der Waals surface area contributed by atoms with E-state index in [2.05, 4.69) is 39.5 Å². The first kappa shape index (κ1) is 20.4. The zero-order valence-corrected chi connectivity index (χ0v) is 18.1. The fourth-order valence-corrected chi connectivity index (χ4v) is 4.24. The van der Waals surface area contributed by atoms with E-state index in [1.165, 1.54) is 5.56 Å². The lowest BCUT2D eigenvalue weighted by atomic mass is 9.96. The summed E-state index contributed by atoms with van der Waals surface area (Å²) in [6.07, 6.45) is 3.82. The molecule has 0 bridgehead atoms. The molecule has 2 aromatic heterocycles. The van der Waals surface area contributed by atoms with E-state index in [1.54, 1.807) is 0 Å².